The van der Waals surface area contributed by atoms with Crippen LogP contribution in [0.1, 0.15) is 138 Å². The molecule has 14 atom stereocenters. The van der Waals surface area contributed by atoms with E-state index in [2.05, 4.69) is 52.2 Å². The van der Waals surface area contributed by atoms with E-state index in [1.807, 2.05) is 78.9 Å². The highest BCUT2D eigenvalue weighted by Crippen LogP contribution is 2.65. The van der Waals surface area contributed by atoms with E-state index in [9.17, 15) is 30.0 Å². The average molecular weight is 953 g/mol. The molecule has 7 N–H and O–H groups in total. The molecule has 0 aromatic heterocycles. The zero-order valence-electron chi connectivity index (χ0n) is 42.8. The Bertz CT molecular complexity index is 2500. The first-order chi connectivity index (χ1) is 33.5. The maximum atomic E-state index is 13.3. The molecular weight excluding hydrogens is 869 g/mol. The second-order valence-electron chi connectivity index (χ2n) is 23.8. The van der Waals surface area contributed by atoms with Crippen molar-refractivity contribution in [2.75, 3.05) is 26.3 Å². The number of carbonyl (C=O) groups is 2. The van der Waals surface area contributed by atoms with Crippen LogP contribution in [0.5, 0.6) is 0 Å². The van der Waals surface area contributed by atoms with Crippen molar-refractivity contribution < 1.29 is 30.0 Å². The van der Waals surface area contributed by atoms with Gasteiger partial charge in [-0.15, -0.1) is 0 Å². The number of aliphatic hydroxyl groups excluding tert-OH is 4. The van der Waals surface area contributed by atoms with E-state index < -0.39 is 0 Å². The number of rotatable bonds is 9. The number of amides is 1. The van der Waals surface area contributed by atoms with Crippen LogP contribution >= 0.6 is 0 Å². The number of aliphatic hydroxyl groups is 4. The summed E-state index contributed by atoms with van der Waals surface area (Å²) in [6.07, 6.45) is 14.6. The Morgan fingerprint density at radius 3 is 1.60 bits per heavy atom. The van der Waals surface area contributed by atoms with Crippen LogP contribution in [0.4, 0.5) is 0 Å². The molecule has 0 spiro atoms. The molecule has 10 rings (SSSR count). The maximum Gasteiger partial charge on any atom is 0.251 e. The summed E-state index contributed by atoms with van der Waals surface area (Å²) < 4.78 is 0. The van der Waals surface area contributed by atoms with E-state index in [1.165, 1.54) is 35.8 Å². The summed E-state index contributed by atoms with van der Waals surface area (Å²) in [7, 11) is 0. The zero-order valence-corrected chi connectivity index (χ0v) is 42.8. The van der Waals surface area contributed by atoms with Gasteiger partial charge in [0.1, 0.15) is 6.29 Å². The number of fused-ring (bicyclic) bond motifs is 4. The number of nitrogens with two attached hydrogens (primary N) is 1. The van der Waals surface area contributed by atoms with Gasteiger partial charge in [-0.05, 0) is 205 Å². The normalized spacial score (nSPS) is 37.0. The number of allylic oxidation sites excluding steroid dienone is 2. The number of benzene rings is 4. The highest BCUT2D eigenvalue weighted by Gasteiger charge is 2.58. The molecule has 0 bridgehead atoms. The lowest BCUT2D eigenvalue weighted by Crippen LogP contribution is -2.53. The smallest absolute Gasteiger partial charge is 0.251 e. The molecule has 0 unspecified atom stereocenters. The van der Waals surface area contributed by atoms with Crippen LogP contribution < -0.4 is 11.1 Å². The van der Waals surface area contributed by atoms with Crippen molar-refractivity contribution in [2.24, 2.45) is 74.7 Å². The molecule has 8 nitrogen and oxygen atoms in total. The van der Waals surface area contributed by atoms with Crippen LogP contribution in [-0.4, -0.2) is 71.1 Å². The van der Waals surface area contributed by atoms with Crippen LogP contribution in [-0.2, 0) is 0 Å². The summed E-state index contributed by atoms with van der Waals surface area (Å²) in [5, 5.41) is 48.5. The molecule has 4 aromatic carbocycles. The molecular formula is C62H84N2O6. The van der Waals surface area contributed by atoms with Crippen LogP contribution in [0, 0.1) is 69.0 Å². The van der Waals surface area contributed by atoms with Gasteiger partial charge in [-0.3, -0.25) is 9.59 Å². The fraction of sp³-hybridized carbons (Fsp3) is 0.581. The molecule has 6 saturated carbocycles. The van der Waals surface area contributed by atoms with Crippen molar-refractivity contribution in [3.8, 4) is 0 Å². The lowest BCUT2D eigenvalue weighted by atomic mass is 9.49. The fourth-order valence-electron chi connectivity index (χ4n) is 15.9. The Morgan fingerprint density at radius 1 is 0.629 bits per heavy atom. The Kier molecular flexibility index (Phi) is 16.0. The molecule has 4 aromatic rings. The largest absolute Gasteiger partial charge is 0.396 e. The molecule has 378 valence electrons. The molecule has 6 aliphatic carbocycles. The van der Waals surface area contributed by atoms with Gasteiger partial charge >= 0.3 is 0 Å². The second kappa shape index (κ2) is 21.5. The van der Waals surface area contributed by atoms with Gasteiger partial charge < -0.3 is 31.5 Å². The first-order valence-electron chi connectivity index (χ1n) is 26.9. The Labute approximate surface area is 418 Å². The van der Waals surface area contributed by atoms with E-state index in [0.717, 1.165) is 98.8 Å². The number of hydrogen-bond acceptors (Lipinski definition) is 7. The van der Waals surface area contributed by atoms with Gasteiger partial charge in [-0.2, -0.15) is 0 Å². The second-order valence-corrected chi connectivity index (χ2v) is 23.8. The molecule has 6 aliphatic rings. The van der Waals surface area contributed by atoms with Crippen molar-refractivity contribution in [3.05, 3.63) is 120 Å². The summed E-state index contributed by atoms with van der Waals surface area (Å²) in [5.41, 5.74) is 11.0. The molecule has 8 heteroatoms. The minimum atomic E-state index is -0.314. The van der Waals surface area contributed by atoms with Gasteiger partial charge in [0, 0.05) is 30.9 Å². The van der Waals surface area contributed by atoms with Gasteiger partial charge in [0.25, 0.3) is 5.91 Å². The van der Waals surface area contributed by atoms with Crippen molar-refractivity contribution in [3.63, 3.8) is 0 Å². The minimum Gasteiger partial charge on any atom is -0.396 e. The number of carbonyl (C=O) groups excluding carboxylic acids is 2. The quantitative estimate of drug-likeness (QED) is 0.0721. The van der Waals surface area contributed by atoms with E-state index >= 15 is 0 Å². The maximum absolute atomic E-state index is 13.3. The third-order valence-electron chi connectivity index (χ3n) is 20.6. The third-order valence-corrected chi connectivity index (χ3v) is 20.6. The van der Waals surface area contributed by atoms with Gasteiger partial charge in [0.15, 0.2) is 0 Å². The van der Waals surface area contributed by atoms with E-state index in [4.69, 9.17) is 5.73 Å². The summed E-state index contributed by atoms with van der Waals surface area (Å²) in [5.74, 6) is 3.29. The highest BCUT2D eigenvalue weighted by atomic mass is 16.3. The van der Waals surface area contributed by atoms with E-state index in [-0.39, 0.29) is 64.8 Å². The van der Waals surface area contributed by atoms with Crippen molar-refractivity contribution in [2.45, 2.75) is 130 Å². The third kappa shape index (κ3) is 9.98. The fourth-order valence-corrected chi connectivity index (χ4v) is 15.9. The molecule has 0 heterocycles. The SMILES string of the molecule is C=C1CC[C@H]2[C@H](CN)[C@@H]([C@@]3(C)CC[C@H](O)C[C@@H]3CO)CC[C@]12C.C=C1CC[C@H]2[C@H](CNC(=O)c3ccc4ccccc4c3)[C@@H]([C@@]3(C)CC[C@H](O)C[C@@H]3CO)CC[C@]12C.O=Cc1ccc2ccccc2c1. The standard InChI is InChI=1S/C31H41NO3.C20H35NO2.C11H8O/c1-20-8-11-27-26(18-32-29(35)23-10-9-21-6-4-5-7-22(21)16-23)28(13-15-30(20,27)2)31(3)14-12-25(34)17-24(31)19-33;1-13-4-5-17-16(11-21)18(7-9-19(13,17)2)20(3)8-6-15(23)10-14(20)12-22;12-8-9-5-6-10-3-1-2-4-11(10)7-9/h4-7,9-10,16,24-28,33-34H,1,8,11-15,17-19H2,2-3H3,(H,32,35);14-18,22-23H,1,4-12,21H2,2-3H3;1-8H/t24-,25+,26+,27+,28+,30-,31+;14-,15+,16+,17+,18+,19-,20+;/m11./s1. The predicted molar refractivity (Wildman–Crippen MR) is 284 cm³/mol. The van der Waals surface area contributed by atoms with Crippen molar-refractivity contribution >= 4 is 33.7 Å². The lowest BCUT2D eigenvalue weighted by molar-refractivity contribution is -0.0928. The molecule has 1 amide bonds. The minimum absolute atomic E-state index is 0.0125. The topological polar surface area (TPSA) is 153 Å². The summed E-state index contributed by atoms with van der Waals surface area (Å²) >= 11 is 0. The molecule has 0 radical (unpaired) electrons. The number of aldehydes is 1. The lowest BCUT2D eigenvalue weighted by Gasteiger charge is -2.56. The molecule has 6 fully saturated rings. The molecule has 0 saturated heterocycles. The highest BCUT2D eigenvalue weighted by molar-refractivity contribution is 5.98. The Hall–Kier alpha value is -4.18. The number of nitrogens with one attached hydrogen (secondary N) is 1. The summed E-state index contributed by atoms with van der Waals surface area (Å²) in [4.78, 5) is 23.7. The first-order valence-corrected chi connectivity index (χ1v) is 26.9. The van der Waals surface area contributed by atoms with E-state index in [1.54, 1.807) is 0 Å². The summed E-state index contributed by atoms with van der Waals surface area (Å²) in [6.45, 7) is 20.0. The van der Waals surface area contributed by atoms with Gasteiger partial charge in [0.2, 0.25) is 0 Å². The monoisotopic (exact) mass is 953 g/mol. The molecule has 70 heavy (non-hydrogen) atoms. The van der Waals surface area contributed by atoms with Gasteiger partial charge in [-0.25, -0.2) is 0 Å². The van der Waals surface area contributed by atoms with Crippen LogP contribution in [0.2, 0.25) is 0 Å². The number of hydrogen-bond donors (Lipinski definition) is 6. The van der Waals surface area contributed by atoms with Crippen molar-refractivity contribution in [1.82, 2.24) is 5.32 Å². The van der Waals surface area contributed by atoms with E-state index in [0.29, 0.717) is 54.0 Å². The van der Waals surface area contributed by atoms with Crippen LogP contribution in [0.3, 0.4) is 0 Å². The Morgan fingerprint density at radius 2 is 1.10 bits per heavy atom. The van der Waals surface area contributed by atoms with Crippen LogP contribution in [0.25, 0.3) is 21.5 Å². The van der Waals surface area contributed by atoms with Crippen LogP contribution in [0.15, 0.2) is 109 Å². The first kappa shape index (κ1) is 52.2. The molecule has 0 aliphatic heterocycles. The van der Waals surface area contributed by atoms with Crippen molar-refractivity contribution in [1.29, 1.82) is 0 Å². The predicted octanol–water partition coefficient (Wildman–Crippen LogP) is 11.5. The summed E-state index contributed by atoms with van der Waals surface area (Å²) in [6, 6.07) is 27.7. The van der Waals surface area contributed by atoms with Gasteiger partial charge in [0.05, 0.1) is 12.2 Å². The average Bonchev–Trinajstić information content (AvgIpc) is 3.86. The Balaban J connectivity index is 0.000000160. The zero-order chi connectivity index (χ0) is 50.0. The van der Waals surface area contributed by atoms with Gasteiger partial charge in [-0.1, -0.05) is 119 Å².